The van der Waals surface area contributed by atoms with Gasteiger partial charge in [-0.25, -0.2) is 4.39 Å². The maximum atomic E-state index is 13.6. The molecule has 0 fully saturated rings. The van der Waals surface area contributed by atoms with E-state index < -0.39 is 5.54 Å². The summed E-state index contributed by atoms with van der Waals surface area (Å²) in [5.74, 6) is -0.194. The molecule has 2 N–H and O–H groups in total. The molecule has 1 unspecified atom stereocenters. The Morgan fingerprint density at radius 3 is 2.24 bits per heavy atom. The van der Waals surface area contributed by atoms with Crippen LogP contribution in [0.2, 0.25) is 0 Å². The molecule has 1 nitrogen and oxygen atoms in total. The van der Waals surface area contributed by atoms with E-state index in [2.05, 4.69) is 0 Å². The summed E-state index contributed by atoms with van der Waals surface area (Å²) in [6.07, 6.45) is 0.490. The highest BCUT2D eigenvalue weighted by Crippen LogP contribution is 2.23. The van der Waals surface area contributed by atoms with Gasteiger partial charge in [0.05, 0.1) is 0 Å². The van der Waals surface area contributed by atoms with Crippen molar-refractivity contribution >= 4 is 0 Å². The van der Waals surface area contributed by atoms with Crippen LogP contribution in [0, 0.1) is 5.82 Å². The van der Waals surface area contributed by atoms with Crippen LogP contribution in [0.25, 0.3) is 0 Å². The average Bonchev–Trinajstić information content (AvgIpc) is 2.33. The van der Waals surface area contributed by atoms with Gasteiger partial charge in [-0.2, -0.15) is 0 Å². The van der Waals surface area contributed by atoms with Crippen molar-refractivity contribution in [3.63, 3.8) is 0 Å². The lowest BCUT2D eigenvalue weighted by Crippen LogP contribution is -2.35. The molecule has 0 aliphatic rings. The van der Waals surface area contributed by atoms with Crippen LogP contribution in [0.1, 0.15) is 18.1 Å². The number of nitrogens with two attached hydrogens (primary N) is 1. The molecule has 2 rings (SSSR count). The largest absolute Gasteiger partial charge is 0.321 e. The average molecular weight is 229 g/mol. The zero-order chi connectivity index (χ0) is 12.3. The fourth-order valence-corrected chi connectivity index (χ4v) is 1.96. The third-order valence-corrected chi connectivity index (χ3v) is 2.95. The van der Waals surface area contributed by atoms with Crippen LogP contribution in [0.3, 0.4) is 0 Å². The first-order chi connectivity index (χ1) is 8.09. The van der Waals surface area contributed by atoms with Gasteiger partial charge in [0.2, 0.25) is 0 Å². The molecular formula is C15H16FN. The maximum Gasteiger partial charge on any atom is 0.126 e. The van der Waals surface area contributed by atoms with Gasteiger partial charge in [0.15, 0.2) is 0 Å². The molecule has 0 aliphatic heterocycles. The number of benzene rings is 2. The van der Waals surface area contributed by atoms with E-state index in [1.54, 1.807) is 12.1 Å². The van der Waals surface area contributed by atoms with Crippen molar-refractivity contribution in [1.29, 1.82) is 0 Å². The SMILES string of the molecule is CC(N)(Cc1ccccc1F)c1ccccc1. The minimum Gasteiger partial charge on any atom is -0.321 e. The van der Waals surface area contributed by atoms with Gasteiger partial charge in [-0.3, -0.25) is 0 Å². The van der Waals surface area contributed by atoms with Gasteiger partial charge in [-0.1, -0.05) is 48.5 Å². The Labute approximate surface area is 101 Å². The molecule has 2 aromatic rings. The molecule has 0 saturated heterocycles. The number of halogens is 1. The molecular weight excluding hydrogens is 213 g/mol. The Morgan fingerprint density at radius 2 is 1.59 bits per heavy atom. The Morgan fingerprint density at radius 1 is 1.00 bits per heavy atom. The molecule has 0 saturated carbocycles. The molecule has 17 heavy (non-hydrogen) atoms. The highest BCUT2D eigenvalue weighted by Gasteiger charge is 2.22. The van der Waals surface area contributed by atoms with Crippen LogP contribution in [-0.4, -0.2) is 0 Å². The third kappa shape index (κ3) is 2.71. The quantitative estimate of drug-likeness (QED) is 0.859. The summed E-state index contributed by atoms with van der Waals surface area (Å²) in [6, 6.07) is 16.6. The van der Waals surface area contributed by atoms with E-state index in [0.29, 0.717) is 12.0 Å². The summed E-state index contributed by atoms with van der Waals surface area (Å²) in [7, 11) is 0. The molecule has 2 heteroatoms. The first-order valence-corrected chi connectivity index (χ1v) is 5.67. The van der Waals surface area contributed by atoms with E-state index >= 15 is 0 Å². The zero-order valence-electron chi connectivity index (χ0n) is 9.86. The molecule has 0 aromatic heterocycles. The van der Waals surface area contributed by atoms with E-state index in [0.717, 1.165) is 5.56 Å². The molecule has 0 radical (unpaired) electrons. The molecule has 2 aromatic carbocycles. The molecule has 0 amide bonds. The second kappa shape index (κ2) is 4.68. The summed E-state index contributed by atoms with van der Waals surface area (Å²) in [5, 5.41) is 0. The molecule has 0 spiro atoms. The first kappa shape index (κ1) is 11.8. The van der Waals surface area contributed by atoms with Crippen molar-refractivity contribution in [2.45, 2.75) is 18.9 Å². The lowest BCUT2D eigenvalue weighted by molar-refractivity contribution is 0.475. The van der Waals surface area contributed by atoms with Crippen molar-refractivity contribution in [3.8, 4) is 0 Å². The van der Waals surface area contributed by atoms with Crippen LogP contribution < -0.4 is 5.73 Å². The van der Waals surface area contributed by atoms with Crippen molar-refractivity contribution in [1.82, 2.24) is 0 Å². The highest BCUT2D eigenvalue weighted by atomic mass is 19.1. The molecule has 88 valence electrons. The molecule has 0 aliphatic carbocycles. The number of hydrogen-bond acceptors (Lipinski definition) is 1. The van der Waals surface area contributed by atoms with Crippen molar-refractivity contribution in [2.24, 2.45) is 5.73 Å². The highest BCUT2D eigenvalue weighted by molar-refractivity contribution is 5.28. The summed E-state index contributed by atoms with van der Waals surface area (Å²) in [4.78, 5) is 0. The lowest BCUT2D eigenvalue weighted by atomic mass is 9.86. The summed E-state index contributed by atoms with van der Waals surface area (Å²) < 4.78 is 13.6. The Balaban J connectivity index is 2.27. The summed E-state index contributed by atoms with van der Waals surface area (Å²) in [6.45, 7) is 1.93. The van der Waals surface area contributed by atoms with Crippen LogP contribution in [-0.2, 0) is 12.0 Å². The van der Waals surface area contributed by atoms with Crippen LogP contribution in [0.5, 0.6) is 0 Å². The summed E-state index contributed by atoms with van der Waals surface area (Å²) >= 11 is 0. The fourth-order valence-electron chi connectivity index (χ4n) is 1.96. The van der Waals surface area contributed by atoms with Gasteiger partial charge in [-0.05, 0) is 30.5 Å². The topological polar surface area (TPSA) is 26.0 Å². The Kier molecular flexibility index (Phi) is 3.25. The van der Waals surface area contributed by atoms with Gasteiger partial charge in [-0.15, -0.1) is 0 Å². The lowest BCUT2D eigenvalue weighted by Gasteiger charge is -2.25. The Bertz CT molecular complexity index is 491. The van der Waals surface area contributed by atoms with E-state index in [4.69, 9.17) is 5.73 Å². The minimum absolute atomic E-state index is 0.194. The van der Waals surface area contributed by atoms with Gasteiger partial charge < -0.3 is 5.73 Å². The van der Waals surface area contributed by atoms with Gasteiger partial charge in [0.25, 0.3) is 0 Å². The normalized spacial score (nSPS) is 14.3. The number of hydrogen-bond donors (Lipinski definition) is 1. The maximum absolute atomic E-state index is 13.6. The fraction of sp³-hybridized carbons (Fsp3) is 0.200. The smallest absolute Gasteiger partial charge is 0.126 e. The van der Waals surface area contributed by atoms with Gasteiger partial charge in [0.1, 0.15) is 5.82 Å². The monoisotopic (exact) mass is 229 g/mol. The zero-order valence-corrected chi connectivity index (χ0v) is 9.86. The van der Waals surface area contributed by atoms with E-state index in [9.17, 15) is 4.39 Å². The van der Waals surface area contributed by atoms with Gasteiger partial charge >= 0.3 is 0 Å². The predicted molar refractivity (Wildman–Crippen MR) is 68.1 cm³/mol. The second-order valence-corrected chi connectivity index (χ2v) is 4.55. The van der Waals surface area contributed by atoms with Crippen molar-refractivity contribution < 1.29 is 4.39 Å². The molecule has 0 heterocycles. The third-order valence-electron chi connectivity index (χ3n) is 2.95. The summed E-state index contributed by atoms with van der Waals surface area (Å²) in [5.41, 5.74) is 7.39. The van der Waals surface area contributed by atoms with Crippen molar-refractivity contribution in [3.05, 3.63) is 71.5 Å². The predicted octanol–water partition coefficient (Wildman–Crippen LogP) is 3.24. The van der Waals surface area contributed by atoms with Crippen LogP contribution in [0.15, 0.2) is 54.6 Å². The molecule has 0 bridgehead atoms. The van der Waals surface area contributed by atoms with Crippen LogP contribution in [0.4, 0.5) is 4.39 Å². The number of rotatable bonds is 3. The Hall–Kier alpha value is -1.67. The van der Waals surface area contributed by atoms with Crippen LogP contribution >= 0.6 is 0 Å². The minimum atomic E-state index is -0.552. The molecule has 1 atom stereocenters. The van der Waals surface area contributed by atoms with Crippen molar-refractivity contribution in [2.75, 3.05) is 0 Å². The van der Waals surface area contributed by atoms with E-state index in [-0.39, 0.29) is 5.82 Å². The van der Waals surface area contributed by atoms with Gasteiger partial charge in [0, 0.05) is 5.54 Å². The second-order valence-electron chi connectivity index (χ2n) is 4.55. The van der Waals surface area contributed by atoms with E-state index in [1.165, 1.54) is 6.07 Å². The van der Waals surface area contributed by atoms with E-state index in [1.807, 2.05) is 43.3 Å². The standard InChI is InChI=1S/C15H16FN/c1-15(17,13-8-3-2-4-9-13)11-12-7-5-6-10-14(12)16/h2-10H,11,17H2,1H3. The first-order valence-electron chi connectivity index (χ1n) is 5.67.